The number of carbonyl (C=O) groups excluding carboxylic acids is 1. The van der Waals surface area contributed by atoms with Crippen LogP contribution < -0.4 is 0 Å². The first-order chi connectivity index (χ1) is 7.29. The van der Waals surface area contributed by atoms with E-state index >= 15 is 0 Å². The van der Waals surface area contributed by atoms with E-state index in [0.29, 0.717) is 6.54 Å². The van der Waals surface area contributed by atoms with Crippen LogP contribution in [0.3, 0.4) is 0 Å². The van der Waals surface area contributed by atoms with Crippen molar-refractivity contribution in [1.29, 1.82) is 0 Å². The maximum Gasteiger partial charge on any atom is 0.200 e. The SMILES string of the molecule is CCn1ncc(Cl)c1C(=O)C(C)S(C)(=O)=O. The predicted octanol–water partition coefficient (Wildman–Crippen LogP) is 1.17. The van der Waals surface area contributed by atoms with Gasteiger partial charge in [0.05, 0.1) is 11.2 Å². The Balaban J connectivity index is 3.20. The van der Waals surface area contributed by atoms with Crippen molar-refractivity contribution >= 4 is 27.2 Å². The topological polar surface area (TPSA) is 69.0 Å². The molecule has 1 unspecified atom stereocenters. The molecule has 1 rings (SSSR count). The van der Waals surface area contributed by atoms with Crippen molar-refractivity contribution in [3.8, 4) is 0 Å². The zero-order valence-electron chi connectivity index (χ0n) is 9.27. The van der Waals surface area contributed by atoms with Gasteiger partial charge in [0.2, 0.25) is 0 Å². The van der Waals surface area contributed by atoms with Crippen LogP contribution in [0.25, 0.3) is 0 Å². The maximum atomic E-state index is 11.9. The lowest BCUT2D eigenvalue weighted by atomic mass is 10.2. The summed E-state index contributed by atoms with van der Waals surface area (Å²) in [5, 5.41) is 2.97. The average Bonchev–Trinajstić information content (AvgIpc) is 2.56. The number of nitrogens with zero attached hydrogens (tertiary/aromatic N) is 2. The van der Waals surface area contributed by atoms with Gasteiger partial charge in [0, 0.05) is 12.8 Å². The highest BCUT2D eigenvalue weighted by atomic mass is 35.5. The Bertz CT molecular complexity index is 507. The van der Waals surface area contributed by atoms with Crippen molar-refractivity contribution in [2.75, 3.05) is 6.26 Å². The number of ketones is 1. The third-order valence-electron chi connectivity index (χ3n) is 2.34. The van der Waals surface area contributed by atoms with Gasteiger partial charge in [0.1, 0.15) is 10.9 Å². The van der Waals surface area contributed by atoms with Gasteiger partial charge in [-0.05, 0) is 13.8 Å². The Morgan fingerprint density at radius 2 is 2.19 bits per heavy atom. The molecule has 0 fully saturated rings. The lowest BCUT2D eigenvalue weighted by Crippen LogP contribution is -2.28. The Hall–Kier alpha value is -0.880. The molecule has 0 spiro atoms. The fraction of sp³-hybridized carbons (Fsp3) is 0.556. The number of halogens is 1. The summed E-state index contributed by atoms with van der Waals surface area (Å²) in [6, 6.07) is 0. The van der Waals surface area contributed by atoms with Gasteiger partial charge < -0.3 is 0 Å². The number of carbonyl (C=O) groups is 1. The van der Waals surface area contributed by atoms with E-state index in [1.54, 1.807) is 6.92 Å². The Morgan fingerprint density at radius 3 is 2.62 bits per heavy atom. The normalized spacial score (nSPS) is 13.8. The minimum Gasteiger partial charge on any atom is -0.291 e. The van der Waals surface area contributed by atoms with Crippen LogP contribution in [0.1, 0.15) is 24.3 Å². The lowest BCUT2D eigenvalue weighted by molar-refractivity contribution is 0.0981. The summed E-state index contributed by atoms with van der Waals surface area (Å²) < 4.78 is 24.0. The smallest absolute Gasteiger partial charge is 0.200 e. The van der Waals surface area contributed by atoms with Crippen LogP contribution in [0.5, 0.6) is 0 Å². The van der Waals surface area contributed by atoms with Gasteiger partial charge in [-0.2, -0.15) is 5.10 Å². The Kier molecular flexibility index (Phi) is 3.75. The van der Waals surface area contributed by atoms with Gasteiger partial charge in [0.15, 0.2) is 15.6 Å². The van der Waals surface area contributed by atoms with Crippen LogP contribution in [-0.4, -0.2) is 35.5 Å². The van der Waals surface area contributed by atoms with Gasteiger partial charge in [0.25, 0.3) is 0 Å². The van der Waals surface area contributed by atoms with Crippen molar-refractivity contribution in [3.05, 3.63) is 16.9 Å². The van der Waals surface area contributed by atoms with Crippen molar-refractivity contribution in [2.24, 2.45) is 0 Å². The average molecular weight is 265 g/mol. The van der Waals surface area contributed by atoms with E-state index in [0.717, 1.165) is 6.26 Å². The van der Waals surface area contributed by atoms with E-state index in [1.165, 1.54) is 17.8 Å². The molecule has 0 bridgehead atoms. The van der Waals surface area contributed by atoms with E-state index in [-0.39, 0.29) is 10.7 Å². The fourth-order valence-corrected chi connectivity index (χ4v) is 1.97. The van der Waals surface area contributed by atoms with Crippen molar-refractivity contribution in [3.63, 3.8) is 0 Å². The van der Waals surface area contributed by atoms with Crippen LogP contribution in [-0.2, 0) is 16.4 Å². The second-order valence-electron chi connectivity index (χ2n) is 3.49. The molecule has 1 atom stereocenters. The molecule has 90 valence electrons. The van der Waals surface area contributed by atoms with Crippen LogP contribution >= 0.6 is 11.6 Å². The molecule has 0 aliphatic rings. The maximum absolute atomic E-state index is 11.9. The molecule has 1 heterocycles. The molecule has 16 heavy (non-hydrogen) atoms. The number of hydrogen-bond donors (Lipinski definition) is 0. The summed E-state index contributed by atoms with van der Waals surface area (Å²) in [6.45, 7) is 3.61. The first-order valence-corrected chi connectivity index (χ1v) is 7.06. The molecule has 0 aliphatic heterocycles. The molecule has 0 aromatic carbocycles. The zero-order valence-corrected chi connectivity index (χ0v) is 10.8. The van der Waals surface area contributed by atoms with E-state index in [9.17, 15) is 13.2 Å². The lowest BCUT2D eigenvalue weighted by Gasteiger charge is -2.09. The standard InChI is InChI=1S/C9H13ClN2O3S/c1-4-12-8(7(10)5-11-12)9(13)6(2)16(3,14)15/h5-6H,4H2,1-3H3. The van der Waals surface area contributed by atoms with Crippen LogP contribution in [0.4, 0.5) is 0 Å². The van der Waals surface area contributed by atoms with E-state index < -0.39 is 20.9 Å². The number of aryl methyl sites for hydroxylation is 1. The van der Waals surface area contributed by atoms with Gasteiger partial charge in [-0.25, -0.2) is 8.42 Å². The minimum absolute atomic E-state index is 0.155. The summed E-state index contributed by atoms with van der Waals surface area (Å²) in [6.07, 6.45) is 2.36. The molecule has 0 saturated carbocycles. The summed E-state index contributed by atoms with van der Waals surface area (Å²) in [7, 11) is -3.42. The number of hydrogen-bond acceptors (Lipinski definition) is 4. The first-order valence-electron chi connectivity index (χ1n) is 4.73. The molecule has 0 N–H and O–H groups in total. The largest absolute Gasteiger partial charge is 0.291 e. The molecule has 5 nitrogen and oxygen atoms in total. The minimum atomic E-state index is -3.42. The number of sulfone groups is 1. The summed E-state index contributed by atoms with van der Waals surface area (Å²) in [5.74, 6) is -0.521. The van der Waals surface area contributed by atoms with E-state index in [2.05, 4.69) is 5.10 Å². The summed E-state index contributed by atoms with van der Waals surface area (Å²) >= 11 is 5.81. The van der Waals surface area contributed by atoms with Crippen LogP contribution in [0.15, 0.2) is 6.20 Å². The molecular formula is C9H13ClN2O3S. The van der Waals surface area contributed by atoms with Crippen LogP contribution in [0, 0.1) is 0 Å². The van der Waals surface area contributed by atoms with Gasteiger partial charge in [-0.3, -0.25) is 9.48 Å². The highest BCUT2D eigenvalue weighted by Crippen LogP contribution is 2.19. The molecule has 7 heteroatoms. The van der Waals surface area contributed by atoms with E-state index in [1.807, 2.05) is 0 Å². The highest BCUT2D eigenvalue weighted by molar-refractivity contribution is 7.92. The Labute approximate surface area is 99.3 Å². The third-order valence-corrected chi connectivity index (χ3v) is 4.11. The number of aromatic nitrogens is 2. The monoisotopic (exact) mass is 264 g/mol. The van der Waals surface area contributed by atoms with Crippen molar-refractivity contribution in [1.82, 2.24) is 9.78 Å². The second-order valence-corrected chi connectivity index (χ2v) is 6.27. The van der Waals surface area contributed by atoms with Crippen molar-refractivity contribution < 1.29 is 13.2 Å². The highest BCUT2D eigenvalue weighted by Gasteiger charge is 2.29. The second kappa shape index (κ2) is 4.55. The van der Waals surface area contributed by atoms with Crippen molar-refractivity contribution in [2.45, 2.75) is 25.6 Å². The van der Waals surface area contributed by atoms with E-state index in [4.69, 9.17) is 11.6 Å². The summed E-state index contributed by atoms with van der Waals surface area (Å²) in [5.41, 5.74) is 0.155. The first kappa shape index (κ1) is 13.2. The predicted molar refractivity (Wildman–Crippen MR) is 61.5 cm³/mol. The number of Topliss-reactive ketones (excluding diaryl/α,β-unsaturated/α-hetero) is 1. The van der Waals surface area contributed by atoms with Gasteiger partial charge >= 0.3 is 0 Å². The number of rotatable bonds is 4. The molecule has 1 aromatic rings. The quantitative estimate of drug-likeness (QED) is 0.766. The zero-order chi connectivity index (χ0) is 12.5. The molecule has 0 amide bonds. The summed E-state index contributed by atoms with van der Waals surface area (Å²) in [4.78, 5) is 11.9. The fourth-order valence-electron chi connectivity index (χ4n) is 1.23. The molecule has 0 aliphatic carbocycles. The molecule has 0 radical (unpaired) electrons. The van der Waals surface area contributed by atoms with Crippen LogP contribution in [0.2, 0.25) is 5.02 Å². The van der Waals surface area contributed by atoms with Gasteiger partial charge in [-0.15, -0.1) is 0 Å². The van der Waals surface area contributed by atoms with Gasteiger partial charge in [-0.1, -0.05) is 11.6 Å². The third kappa shape index (κ3) is 2.44. The molecule has 1 aromatic heterocycles. The molecular weight excluding hydrogens is 252 g/mol. The Morgan fingerprint density at radius 1 is 1.62 bits per heavy atom. The molecule has 0 saturated heterocycles.